The molecule has 1 aromatic rings. The monoisotopic (exact) mass is 253 g/mol. The highest BCUT2D eigenvalue weighted by Crippen LogP contribution is 2.22. The third-order valence-corrected chi connectivity index (χ3v) is 3.58. The summed E-state index contributed by atoms with van der Waals surface area (Å²) in [6.45, 7) is 5.11. The standard InChI is InChI=1S/C12H23N5O/c1-4-9(13)12-14-11(15-18-12)10-8-16(2)6-5-7-17(10)3/h9-10H,4-8,13H2,1-3H3/t9-,10?/m1/s1. The van der Waals surface area contributed by atoms with Gasteiger partial charge in [-0.3, -0.25) is 4.90 Å². The van der Waals surface area contributed by atoms with E-state index in [1.165, 1.54) is 6.42 Å². The van der Waals surface area contributed by atoms with E-state index in [1.807, 2.05) is 6.92 Å². The van der Waals surface area contributed by atoms with Gasteiger partial charge in [0.25, 0.3) is 0 Å². The lowest BCUT2D eigenvalue weighted by Crippen LogP contribution is -2.31. The van der Waals surface area contributed by atoms with Gasteiger partial charge in [0.05, 0.1) is 12.1 Å². The summed E-state index contributed by atoms with van der Waals surface area (Å²) in [5.41, 5.74) is 5.91. The molecule has 1 unspecified atom stereocenters. The zero-order chi connectivity index (χ0) is 13.1. The number of hydrogen-bond acceptors (Lipinski definition) is 6. The molecule has 0 spiro atoms. The van der Waals surface area contributed by atoms with Crippen molar-refractivity contribution in [2.24, 2.45) is 5.73 Å². The minimum atomic E-state index is -0.153. The van der Waals surface area contributed by atoms with E-state index in [-0.39, 0.29) is 12.1 Å². The van der Waals surface area contributed by atoms with Crippen LogP contribution in [0.5, 0.6) is 0 Å². The Morgan fingerprint density at radius 1 is 1.44 bits per heavy atom. The molecule has 0 aromatic carbocycles. The molecule has 102 valence electrons. The number of likely N-dealkylation sites (N-methyl/N-ethyl adjacent to an activating group) is 2. The summed E-state index contributed by atoms with van der Waals surface area (Å²) in [6, 6.07) is 0.0409. The first-order valence-electron chi connectivity index (χ1n) is 6.59. The fourth-order valence-corrected chi connectivity index (χ4v) is 2.26. The number of aromatic nitrogens is 2. The molecule has 1 aliphatic heterocycles. The molecule has 0 amide bonds. The summed E-state index contributed by atoms with van der Waals surface area (Å²) in [5, 5.41) is 4.10. The first-order valence-corrected chi connectivity index (χ1v) is 6.59. The van der Waals surface area contributed by atoms with Gasteiger partial charge in [0, 0.05) is 6.54 Å². The van der Waals surface area contributed by atoms with Gasteiger partial charge in [0.1, 0.15) is 0 Å². The van der Waals surface area contributed by atoms with Crippen LogP contribution in [-0.2, 0) is 0 Å². The molecule has 1 fully saturated rings. The minimum absolute atomic E-state index is 0.153. The van der Waals surface area contributed by atoms with Gasteiger partial charge in [-0.15, -0.1) is 0 Å². The maximum Gasteiger partial charge on any atom is 0.243 e. The molecule has 1 saturated heterocycles. The zero-order valence-electron chi connectivity index (χ0n) is 11.5. The van der Waals surface area contributed by atoms with Crippen molar-refractivity contribution >= 4 is 0 Å². The highest BCUT2D eigenvalue weighted by Gasteiger charge is 2.27. The molecule has 0 aliphatic carbocycles. The van der Waals surface area contributed by atoms with Crippen molar-refractivity contribution < 1.29 is 4.52 Å². The molecule has 18 heavy (non-hydrogen) atoms. The van der Waals surface area contributed by atoms with Gasteiger partial charge < -0.3 is 15.2 Å². The van der Waals surface area contributed by atoms with Crippen LogP contribution in [0.3, 0.4) is 0 Å². The molecule has 0 bridgehead atoms. The van der Waals surface area contributed by atoms with Crippen LogP contribution in [-0.4, -0.2) is 53.7 Å². The van der Waals surface area contributed by atoms with Crippen LogP contribution in [0.25, 0.3) is 0 Å². The molecule has 2 atom stereocenters. The van der Waals surface area contributed by atoms with Crippen LogP contribution in [0.15, 0.2) is 4.52 Å². The van der Waals surface area contributed by atoms with Crippen LogP contribution < -0.4 is 5.73 Å². The molecule has 0 saturated carbocycles. The first-order chi connectivity index (χ1) is 8.61. The van der Waals surface area contributed by atoms with Crippen molar-refractivity contribution in [1.82, 2.24) is 19.9 Å². The maximum atomic E-state index is 5.91. The largest absolute Gasteiger partial charge is 0.338 e. The number of hydrogen-bond donors (Lipinski definition) is 1. The summed E-state index contributed by atoms with van der Waals surface area (Å²) in [7, 11) is 4.24. The summed E-state index contributed by atoms with van der Waals surface area (Å²) < 4.78 is 5.26. The van der Waals surface area contributed by atoms with E-state index in [1.54, 1.807) is 0 Å². The smallest absolute Gasteiger partial charge is 0.243 e. The Morgan fingerprint density at radius 3 is 2.94 bits per heavy atom. The lowest BCUT2D eigenvalue weighted by Gasteiger charge is -2.24. The lowest BCUT2D eigenvalue weighted by atomic mass is 10.2. The molecule has 2 rings (SSSR count). The fraction of sp³-hybridized carbons (Fsp3) is 0.833. The Kier molecular flexibility index (Phi) is 4.31. The second-order valence-corrected chi connectivity index (χ2v) is 5.12. The number of nitrogens with two attached hydrogens (primary N) is 1. The lowest BCUT2D eigenvalue weighted by molar-refractivity contribution is 0.214. The Bertz CT molecular complexity index is 380. The molecule has 1 aromatic heterocycles. The minimum Gasteiger partial charge on any atom is -0.338 e. The normalized spacial score (nSPS) is 25.0. The molecule has 2 N–H and O–H groups in total. The quantitative estimate of drug-likeness (QED) is 0.858. The van der Waals surface area contributed by atoms with Gasteiger partial charge in [-0.05, 0) is 40.0 Å². The average molecular weight is 253 g/mol. The Hall–Kier alpha value is -0.980. The van der Waals surface area contributed by atoms with Crippen LogP contribution >= 0.6 is 0 Å². The van der Waals surface area contributed by atoms with Crippen LogP contribution in [0, 0.1) is 0 Å². The summed E-state index contributed by atoms with van der Waals surface area (Å²) in [5.74, 6) is 1.30. The summed E-state index contributed by atoms with van der Waals surface area (Å²) in [4.78, 5) is 9.06. The second-order valence-electron chi connectivity index (χ2n) is 5.12. The second kappa shape index (κ2) is 5.77. The van der Waals surface area contributed by atoms with Crippen molar-refractivity contribution in [3.8, 4) is 0 Å². The Morgan fingerprint density at radius 2 is 2.22 bits per heavy atom. The maximum absolute atomic E-state index is 5.91. The molecule has 0 radical (unpaired) electrons. The van der Waals surface area contributed by atoms with E-state index < -0.39 is 0 Å². The van der Waals surface area contributed by atoms with Gasteiger partial charge in [-0.25, -0.2) is 0 Å². The van der Waals surface area contributed by atoms with Gasteiger partial charge in [-0.1, -0.05) is 12.1 Å². The SMILES string of the molecule is CC[C@@H](N)c1nc(C2CN(C)CCCN2C)no1. The van der Waals surface area contributed by atoms with E-state index in [0.29, 0.717) is 5.89 Å². The highest BCUT2D eigenvalue weighted by molar-refractivity contribution is 4.99. The van der Waals surface area contributed by atoms with Crippen LogP contribution in [0.2, 0.25) is 0 Å². The summed E-state index contributed by atoms with van der Waals surface area (Å²) in [6.07, 6.45) is 1.98. The number of rotatable bonds is 3. The Labute approximate surface area is 108 Å². The van der Waals surface area contributed by atoms with Crippen molar-refractivity contribution in [2.75, 3.05) is 33.7 Å². The van der Waals surface area contributed by atoms with Crippen LogP contribution in [0.1, 0.15) is 43.6 Å². The molecular formula is C12H23N5O. The topological polar surface area (TPSA) is 71.4 Å². The van der Waals surface area contributed by atoms with E-state index in [2.05, 4.69) is 34.0 Å². The Balaban J connectivity index is 2.15. The van der Waals surface area contributed by atoms with Crippen molar-refractivity contribution in [1.29, 1.82) is 0 Å². The predicted molar refractivity (Wildman–Crippen MR) is 69.0 cm³/mol. The fourth-order valence-electron chi connectivity index (χ4n) is 2.26. The average Bonchev–Trinajstić information content (AvgIpc) is 2.77. The molecular weight excluding hydrogens is 230 g/mol. The molecule has 6 nitrogen and oxygen atoms in total. The van der Waals surface area contributed by atoms with Crippen LogP contribution in [0.4, 0.5) is 0 Å². The van der Waals surface area contributed by atoms with E-state index in [9.17, 15) is 0 Å². The highest BCUT2D eigenvalue weighted by atomic mass is 16.5. The van der Waals surface area contributed by atoms with E-state index in [0.717, 1.165) is 31.9 Å². The zero-order valence-corrected chi connectivity index (χ0v) is 11.5. The van der Waals surface area contributed by atoms with Gasteiger partial charge in [0.15, 0.2) is 5.82 Å². The summed E-state index contributed by atoms with van der Waals surface area (Å²) >= 11 is 0. The van der Waals surface area contributed by atoms with E-state index >= 15 is 0 Å². The van der Waals surface area contributed by atoms with Gasteiger partial charge in [-0.2, -0.15) is 4.98 Å². The molecule has 2 heterocycles. The number of nitrogens with zero attached hydrogens (tertiary/aromatic N) is 4. The first kappa shape index (κ1) is 13.5. The van der Waals surface area contributed by atoms with Crippen molar-refractivity contribution in [3.05, 3.63) is 11.7 Å². The molecule has 1 aliphatic rings. The van der Waals surface area contributed by atoms with E-state index in [4.69, 9.17) is 10.3 Å². The third-order valence-electron chi connectivity index (χ3n) is 3.58. The molecule has 6 heteroatoms. The van der Waals surface area contributed by atoms with Gasteiger partial charge in [0.2, 0.25) is 5.89 Å². The van der Waals surface area contributed by atoms with Crippen molar-refractivity contribution in [3.63, 3.8) is 0 Å². The van der Waals surface area contributed by atoms with Crippen molar-refractivity contribution in [2.45, 2.75) is 31.8 Å². The predicted octanol–water partition coefficient (Wildman–Crippen LogP) is 0.788. The van der Waals surface area contributed by atoms with Gasteiger partial charge >= 0.3 is 0 Å². The third kappa shape index (κ3) is 2.88.